The summed E-state index contributed by atoms with van der Waals surface area (Å²) in [4.78, 5) is 9.88. The molecule has 0 saturated heterocycles. The molecule has 0 radical (unpaired) electrons. The fourth-order valence-corrected chi connectivity index (χ4v) is 7.94. The third-order valence-corrected chi connectivity index (χ3v) is 10.2. The normalized spacial score (nSPS) is 12.0. The van der Waals surface area contributed by atoms with Crippen molar-refractivity contribution in [1.82, 2.24) is 14.5 Å². The summed E-state index contributed by atoms with van der Waals surface area (Å²) >= 11 is 0. The molecule has 4 heteroatoms. The Hall–Kier alpha value is -6.78. The van der Waals surface area contributed by atoms with Gasteiger partial charge < -0.3 is 8.98 Å². The minimum atomic E-state index is 0.729. The minimum Gasteiger partial charge on any atom is -0.456 e. The zero-order valence-corrected chi connectivity index (χ0v) is 26.8. The monoisotopic (exact) mass is 637 g/mol. The van der Waals surface area contributed by atoms with Crippen LogP contribution in [-0.2, 0) is 0 Å². The van der Waals surface area contributed by atoms with Crippen molar-refractivity contribution in [1.29, 1.82) is 0 Å². The SMILES string of the molecule is c1ccc(-c2ncc3c(n2)c2ccccc2n3-c2cccc(-c3cccc(-c4ccc5c(c4)c4cccc6oc7cccc5c7c64)c3)c2)cc1. The summed E-state index contributed by atoms with van der Waals surface area (Å²) in [5, 5.41) is 8.48. The highest BCUT2D eigenvalue weighted by molar-refractivity contribution is 6.33. The van der Waals surface area contributed by atoms with E-state index >= 15 is 0 Å². The average molecular weight is 638 g/mol. The topological polar surface area (TPSA) is 43.9 Å². The Balaban J connectivity index is 1.04. The Labute approximate surface area is 286 Å². The van der Waals surface area contributed by atoms with Gasteiger partial charge in [0.25, 0.3) is 0 Å². The molecule has 0 bridgehead atoms. The second kappa shape index (κ2) is 10.4. The smallest absolute Gasteiger partial charge is 0.159 e. The van der Waals surface area contributed by atoms with E-state index in [0.717, 1.165) is 61.3 Å². The van der Waals surface area contributed by atoms with Gasteiger partial charge in [-0.15, -0.1) is 0 Å². The fourth-order valence-electron chi connectivity index (χ4n) is 7.94. The first-order valence-electron chi connectivity index (χ1n) is 16.9. The van der Waals surface area contributed by atoms with E-state index in [4.69, 9.17) is 14.4 Å². The van der Waals surface area contributed by atoms with Crippen LogP contribution in [0.1, 0.15) is 0 Å². The molecular formula is C46H27N3O. The number of furan rings is 1. The first-order valence-corrected chi connectivity index (χ1v) is 16.9. The molecule has 0 aliphatic rings. The molecule has 11 aromatic rings. The highest BCUT2D eigenvalue weighted by atomic mass is 16.3. The van der Waals surface area contributed by atoms with E-state index in [1.165, 1.54) is 43.4 Å². The first-order chi connectivity index (χ1) is 24.8. The number of fused-ring (bicyclic) bond motifs is 6. The van der Waals surface area contributed by atoms with Crippen molar-refractivity contribution in [3.8, 4) is 39.3 Å². The van der Waals surface area contributed by atoms with Crippen molar-refractivity contribution in [3.05, 3.63) is 164 Å². The van der Waals surface area contributed by atoms with Crippen LogP contribution < -0.4 is 0 Å². The number of hydrogen-bond acceptors (Lipinski definition) is 3. The molecule has 0 N–H and O–H groups in total. The molecule has 0 aliphatic carbocycles. The predicted molar refractivity (Wildman–Crippen MR) is 206 cm³/mol. The predicted octanol–water partition coefficient (Wildman–Crippen LogP) is 12.2. The molecule has 0 unspecified atom stereocenters. The van der Waals surface area contributed by atoms with Crippen LogP contribution in [-0.4, -0.2) is 14.5 Å². The third kappa shape index (κ3) is 3.93. The number of nitrogens with zero attached hydrogens (tertiary/aromatic N) is 3. The molecule has 0 atom stereocenters. The average Bonchev–Trinajstić information content (AvgIpc) is 3.74. The lowest BCUT2D eigenvalue weighted by molar-refractivity contribution is 0.669. The Morgan fingerprint density at radius 3 is 1.84 bits per heavy atom. The van der Waals surface area contributed by atoms with Crippen LogP contribution in [0.5, 0.6) is 0 Å². The molecule has 0 saturated carbocycles. The van der Waals surface area contributed by atoms with E-state index in [-0.39, 0.29) is 0 Å². The highest BCUT2D eigenvalue weighted by Crippen LogP contribution is 2.43. The lowest BCUT2D eigenvalue weighted by atomic mass is 9.91. The molecule has 3 heterocycles. The highest BCUT2D eigenvalue weighted by Gasteiger charge is 2.18. The summed E-state index contributed by atoms with van der Waals surface area (Å²) in [7, 11) is 0. The van der Waals surface area contributed by atoms with Crippen molar-refractivity contribution in [3.63, 3.8) is 0 Å². The van der Waals surface area contributed by atoms with Crippen LogP contribution in [0.25, 0.3) is 105 Å². The molecular weight excluding hydrogens is 611 g/mol. The van der Waals surface area contributed by atoms with Gasteiger partial charge in [0.05, 0.1) is 17.2 Å². The quantitative estimate of drug-likeness (QED) is 0.180. The molecule has 11 rings (SSSR count). The van der Waals surface area contributed by atoms with Crippen LogP contribution in [0.15, 0.2) is 168 Å². The van der Waals surface area contributed by atoms with E-state index < -0.39 is 0 Å². The van der Waals surface area contributed by atoms with Gasteiger partial charge in [-0.3, -0.25) is 0 Å². The van der Waals surface area contributed by atoms with Gasteiger partial charge in [0, 0.05) is 27.4 Å². The molecule has 0 aliphatic heterocycles. The van der Waals surface area contributed by atoms with Crippen molar-refractivity contribution in [2.75, 3.05) is 0 Å². The number of aromatic nitrogens is 3. The largest absolute Gasteiger partial charge is 0.456 e. The van der Waals surface area contributed by atoms with E-state index in [2.05, 4.69) is 144 Å². The van der Waals surface area contributed by atoms with Gasteiger partial charge in [0.15, 0.2) is 5.82 Å². The van der Waals surface area contributed by atoms with Crippen LogP contribution in [0.3, 0.4) is 0 Å². The van der Waals surface area contributed by atoms with Gasteiger partial charge in [0.1, 0.15) is 16.7 Å². The van der Waals surface area contributed by atoms with Gasteiger partial charge >= 0.3 is 0 Å². The number of para-hydroxylation sites is 1. The summed E-state index contributed by atoms with van der Waals surface area (Å²) in [6.45, 7) is 0. The van der Waals surface area contributed by atoms with Gasteiger partial charge in [0.2, 0.25) is 0 Å². The number of benzene rings is 8. The molecule has 4 nitrogen and oxygen atoms in total. The summed E-state index contributed by atoms with van der Waals surface area (Å²) in [5.41, 5.74) is 11.7. The molecule has 3 aromatic heterocycles. The zero-order valence-electron chi connectivity index (χ0n) is 26.8. The second-order valence-corrected chi connectivity index (χ2v) is 13.0. The fraction of sp³-hybridized carbons (Fsp3) is 0. The molecule has 0 spiro atoms. The molecule has 232 valence electrons. The Bertz CT molecular complexity index is 3100. The summed E-state index contributed by atoms with van der Waals surface area (Å²) < 4.78 is 8.54. The van der Waals surface area contributed by atoms with Gasteiger partial charge in [-0.1, -0.05) is 115 Å². The van der Waals surface area contributed by atoms with E-state index in [9.17, 15) is 0 Å². The zero-order chi connectivity index (χ0) is 32.8. The van der Waals surface area contributed by atoms with E-state index in [0.29, 0.717) is 0 Å². The maximum absolute atomic E-state index is 6.26. The summed E-state index contributed by atoms with van der Waals surface area (Å²) in [6.07, 6.45) is 1.96. The van der Waals surface area contributed by atoms with Crippen molar-refractivity contribution in [2.45, 2.75) is 0 Å². The molecule has 50 heavy (non-hydrogen) atoms. The van der Waals surface area contributed by atoms with Crippen molar-refractivity contribution < 1.29 is 4.42 Å². The third-order valence-electron chi connectivity index (χ3n) is 10.2. The minimum absolute atomic E-state index is 0.729. The van der Waals surface area contributed by atoms with Crippen LogP contribution in [0, 0.1) is 0 Å². The Kier molecular flexibility index (Phi) is 5.63. The van der Waals surface area contributed by atoms with E-state index in [1.807, 2.05) is 24.4 Å². The number of rotatable bonds is 4. The molecule has 0 amide bonds. The molecule has 0 fully saturated rings. The van der Waals surface area contributed by atoms with Crippen LogP contribution >= 0.6 is 0 Å². The summed E-state index contributed by atoms with van der Waals surface area (Å²) in [5.74, 6) is 0.729. The maximum Gasteiger partial charge on any atom is 0.159 e. The van der Waals surface area contributed by atoms with Crippen molar-refractivity contribution in [2.24, 2.45) is 0 Å². The Morgan fingerprint density at radius 2 is 1.04 bits per heavy atom. The molecule has 8 aromatic carbocycles. The standard InChI is InChI=1S/C46H27N3O/c1-2-10-28(11-3-1)46-47-27-40-45(48-46)37-16-4-5-19-39(37)49(40)33-15-7-14-31(25-33)29-12-6-13-30(24-29)32-22-23-34-35-17-8-20-41-43(35)44-36(38(34)26-32)18-9-21-42(44)50-41/h1-27H. The van der Waals surface area contributed by atoms with Gasteiger partial charge in [-0.25, -0.2) is 9.97 Å². The van der Waals surface area contributed by atoms with Gasteiger partial charge in [-0.05, 0) is 86.3 Å². The van der Waals surface area contributed by atoms with Crippen LogP contribution in [0.4, 0.5) is 0 Å². The number of hydrogen-bond donors (Lipinski definition) is 0. The lowest BCUT2D eigenvalue weighted by Gasteiger charge is -2.12. The maximum atomic E-state index is 6.26. The van der Waals surface area contributed by atoms with Crippen molar-refractivity contribution >= 4 is 65.4 Å². The Morgan fingerprint density at radius 1 is 0.420 bits per heavy atom. The van der Waals surface area contributed by atoms with Crippen LogP contribution in [0.2, 0.25) is 0 Å². The van der Waals surface area contributed by atoms with E-state index in [1.54, 1.807) is 0 Å². The lowest BCUT2D eigenvalue weighted by Crippen LogP contribution is -1.96. The van der Waals surface area contributed by atoms with Gasteiger partial charge in [-0.2, -0.15) is 0 Å². The summed E-state index contributed by atoms with van der Waals surface area (Å²) in [6, 6.07) is 55.9. The first kappa shape index (κ1) is 27.2. The second-order valence-electron chi connectivity index (χ2n) is 13.0.